The molecule has 29 heavy (non-hydrogen) atoms. The molecule has 1 N–H and O–H groups in total. The summed E-state index contributed by atoms with van der Waals surface area (Å²) in [7, 11) is 0. The first-order valence-corrected chi connectivity index (χ1v) is 9.81. The Morgan fingerprint density at radius 3 is 2.03 bits per heavy atom. The summed E-state index contributed by atoms with van der Waals surface area (Å²) in [5, 5.41) is 2.80. The third kappa shape index (κ3) is 4.24. The summed E-state index contributed by atoms with van der Waals surface area (Å²) in [6.07, 6.45) is 0. The highest BCUT2D eigenvalue weighted by molar-refractivity contribution is 6.07. The number of ketones is 1. The summed E-state index contributed by atoms with van der Waals surface area (Å²) >= 11 is 0. The van der Waals surface area contributed by atoms with Crippen molar-refractivity contribution in [2.75, 3.05) is 5.32 Å². The Morgan fingerprint density at radius 2 is 1.48 bits per heavy atom. The van der Waals surface area contributed by atoms with Crippen molar-refractivity contribution in [3.8, 4) is 0 Å². The predicted molar refractivity (Wildman–Crippen MR) is 112 cm³/mol. The summed E-state index contributed by atoms with van der Waals surface area (Å²) in [5.74, 6) is -3.32. The Kier molecular flexibility index (Phi) is 5.60. The van der Waals surface area contributed by atoms with Gasteiger partial charge in [0, 0.05) is 23.1 Å². The number of amides is 1. The lowest BCUT2D eigenvalue weighted by Gasteiger charge is -2.31. The van der Waals surface area contributed by atoms with Crippen molar-refractivity contribution in [3.05, 3.63) is 65.2 Å². The molecule has 2 aromatic rings. The monoisotopic (exact) mass is 393 g/mol. The van der Waals surface area contributed by atoms with E-state index in [1.807, 2.05) is 38.1 Å². The third-order valence-electron chi connectivity index (χ3n) is 5.67. The minimum atomic E-state index is -1.05. The molecule has 1 saturated heterocycles. The van der Waals surface area contributed by atoms with Crippen LogP contribution in [-0.4, -0.2) is 23.3 Å². The molecule has 1 amide bonds. The number of hydrogen-bond donors (Lipinski definition) is 1. The van der Waals surface area contributed by atoms with Crippen LogP contribution >= 0.6 is 0 Å². The lowest BCUT2D eigenvalue weighted by atomic mass is 9.72. The van der Waals surface area contributed by atoms with Gasteiger partial charge in [0.2, 0.25) is 5.91 Å². The van der Waals surface area contributed by atoms with E-state index in [0.717, 1.165) is 11.1 Å². The van der Waals surface area contributed by atoms with Gasteiger partial charge >= 0.3 is 5.97 Å². The molecule has 3 rings (SSSR count). The van der Waals surface area contributed by atoms with E-state index in [0.29, 0.717) is 11.3 Å². The zero-order valence-electron chi connectivity index (χ0n) is 17.5. The standard InChI is InChI=1S/C24H27NO4/c1-14-6-10-17(11-7-14)21(26)16(3)20-19(23(28)29-24(20,4)5)22(27)25-18-12-8-15(2)9-13-18/h6-13,16,19-20H,1-5H3,(H,25,27). The number of rotatable bonds is 5. The van der Waals surface area contributed by atoms with Crippen LogP contribution in [0.1, 0.15) is 42.3 Å². The van der Waals surface area contributed by atoms with Crippen LogP contribution in [0.25, 0.3) is 0 Å². The second-order valence-corrected chi connectivity index (χ2v) is 8.40. The molecule has 0 aliphatic carbocycles. The van der Waals surface area contributed by atoms with Crippen LogP contribution in [0.5, 0.6) is 0 Å². The number of aryl methyl sites for hydroxylation is 2. The van der Waals surface area contributed by atoms with E-state index in [1.165, 1.54) is 0 Å². The Bertz CT molecular complexity index is 928. The van der Waals surface area contributed by atoms with E-state index in [1.54, 1.807) is 45.0 Å². The van der Waals surface area contributed by atoms with Gasteiger partial charge in [-0.05, 0) is 39.8 Å². The fraction of sp³-hybridized carbons (Fsp3) is 0.375. The number of carbonyl (C=O) groups excluding carboxylic acids is 3. The molecular formula is C24H27NO4. The van der Waals surface area contributed by atoms with Crippen LogP contribution in [-0.2, 0) is 14.3 Å². The van der Waals surface area contributed by atoms with Crippen molar-refractivity contribution >= 4 is 23.3 Å². The van der Waals surface area contributed by atoms with Crippen LogP contribution in [0.3, 0.4) is 0 Å². The van der Waals surface area contributed by atoms with E-state index < -0.39 is 35.2 Å². The van der Waals surface area contributed by atoms with E-state index in [2.05, 4.69) is 5.32 Å². The van der Waals surface area contributed by atoms with Gasteiger partial charge in [-0.25, -0.2) is 0 Å². The predicted octanol–water partition coefficient (Wildman–Crippen LogP) is 4.33. The fourth-order valence-electron chi connectivity index (χ4n) is 4.10. The second-order valence-electron chi connectivity index (χ2n) is 8.40. The molecule has 1 heterocycles. The molecule has 1 aliphatic rings. The summed E-state index contributed by atoms with van der Waals surface area (Å²) in [6, 6.07) is 14.6. The molecule has 0 bridgehead atoms. The summed E-state index contributed by atoms with van der Waals surface area (Å²) in [6.45, 7) is 9.19. The van der Waals surface area contributed by atoms with Crippen molar-refractivity contribution in [2.24, 2.45) is 17.8 Å². The second kappa shape index (κ2) is 7.82. The van der Waals surface area contributed by atoms with Crippen molar-refractivity contribution in [1.29, 1.82) is 0 Å². The van der Waals surface area contributed by atoms with Crippen molar-refractivity contribution < 1.29 is 19.1 Å². The number of nitrogens with one attached hydrogen (secondary N) is 1. The number of esters is 1. The van der Waals surface area contributed by atoms with Gasteiger partial charge < -0.3 is 10.1 Å². The lowest BCUT2D eigenvalue weighted by Crippen LogP contribution is -2.42. The first-order chi connectivity index (χ1) is 13.6. The average molecular weight is 393 g/mol. The normalized spacial score (nSPS) is 21.3. The maximum absolute atomic E-state index is 13.1. The molecule has 0 spiro atoms. The number of cyclic esters (lactones) is 1. The summed E-state index contributed by atoms with van der Waals surface area (Å²) in [4.78, 5) is 38.7. The number of benzene rings is 2. The van der Waals surface area contributed by atoms with Crippen molar-refractivity contribution in [3.63, 3.8) is 0 Å². The third-order valence-corrected chi connectivity index (χ3v) is 5.67. The molecule has 1 fully saturated rings. The van der Waals surface area contributed by atoms with Gasteiger partial charge in [-0.2, -0.15) is 0 Å². The van der Waals surface area contributed by atoms with E-state index in [9.17, 15) is 14.4 Å². The van der Waals surface area contributed by atoms with E-state index in [4.69, 9.17) is 4.74 Å². The minimum absolute atomic E-state index is 0.102. The Labute approximate surface area is 171 Å². The van der Waals surface area contributed by atoms with Crippen LogP contribution in [0.15, 0.2) is 48.5 Å². The molecule has 2 aromatic carbocycles. The lowest BCUT2D eigenvalue weighted by molar-refractivity contribution is -0.150. The molecule has 0 saturated carbocycles. The van der Waals surface area contributed by atoms with Gasteiger partial charge in [-0.15, -0.1) is 0 Å². The quantitative estimate of drug-likeness (QED) is 0.466. The van der Waals surface area contributed by atoms with Gasteiger partial charge in [-0.3, -0.25) is 14.4 Å². The van der Waals surface area contributed by atoms with Crippen LogP contribution in [0.2, 0.25) is 0 Å². The zero-order chi connectivity index (χ0) is 21.3. The Balaban J connectivity index is 1.87. The molecule has 0 aromatic heterocycles. The molecule has 5 nitrogen and oxygen atoms in total. The smallest absolute Gasteiger partial charge is 0.319 e. The Hall–Kier alpha value is -2.95. The zero-order valence-corrected chi connectivity index (χ0v) is 17.5. The summed E-state index contributed by atoms with van der Waals surface area (Å²) < 4.78 is 5.53. The highest BCUT2D eigenvalue weighted by Gasteiger charge is 2.56. The van der Waals surface area contributed by atoms with Crippen LogP contribution in [0, 0.1) is 31.6 Å². The maximum atomic E-state index is 13.1. The van der Waals surface area contributed by atoms with Gasteiger partial charge in [0.25, 0.3) is 0 Å². The van der Waals surface area contributed by atoms with Gasteiger partial charge in [-0.1, -0.05) is 54.4 Å². The van der Waals surface area contributed by atoms with Gasteiger partial charge in [0.1, 0.15) is 11.5 Å². The number of carbonyl (C=O) groups is 3. The van der Waals surface area contributed by atoms with Gasteiger partial charge in [0.05, 0.1) is 0 Å². The number of ether oxygens (including phenoxy) is 1. The topological polar surface area (TPSA) is 72.5 Å². The molecule has 152 valence electrons. The first-order valence-electron chi connectivity index (χ1n) is 9.81. The molecule has 1 aliphatic heterocycles. The fourth-order valence-corrected chi connectivity index (χ4v) is 4.10. The highest BCUT2D eigenvalue weighted by atomic mass is 16.6. The molecule has 0 radical (unpaired) electrons. The molecular weight excluding hydrogens is 366 g/mol. The van der Waals surface area contributed by atoms with Gasteiger partial charge in [0.15, 0.2) is 5.78 Å². The van der Waals surface area contributed by atoms with E-state index >= 15 is 0 Å². The highest BCUT2D eigenvalue weighted by Crippen LogP contribution is 2.43. The van der Waals surface area contributed by atoms with Crippen LogP contribution in [0.4, 0.5) is 5.69 Å². The first kappa shape index (κ1) is 20.8. The number of anilines is 1. The van der Waals surface area contributed by atoms with Crippen molar-refractivity contribution in [1.82, 2.24) is 0 Å². The molecule has 5 heteroatoms. The maximum Gasteiger partial charge on any atom is 0.319 e. The number of hydrogen-bond acceptors (Lipinski definition) is 4. The number of Topliss-reactive ketones (excluding diaryl/α,β-unsaturated/α-hetero) is 1. The minimum Gasteiger partial charge on any atom is -0.459 e. The Morgan fingerprint density at radius 1 is 0.966 bits per heavy atom. The summed E-state index contributed by atoms with van der Waals surface area (Å²) in [5.41, 5.74) is 2.38. The molecule has 3 atom stereocenters. The average Bonchev–Trinajstić information content (AvgIpc) is 2.91. The molecule has 3 unspecified atom stereocenters. The van der Waals surface area contributed by atoms with E-state index in [-0.39, 0.29) is 5.78 Å². The largest absolute Gasteiger partial charge is 0.459 e. The van der Waals surface area contributed by atoms with Crippen LogP contribution < -0.4 is 5.32 Å². The van der Waals surface area contributed by atoms with Crippen molar-refractivity contribution in [2.45, 2.75) is 40.2 Å². The SMILES string of the molecule is Cc1ccc(NC(=O)C2C(=O)OC(C)(C)C2C(C)C(=O)c2ccc(C)cc2)cc1.